The van der Waals surface area contributed by atoms with Crippen LogP contribution in [0.2, 0.25) is 0 Å². The van der Waals surface area contributed by atoms with Crippen LogP contribution in [0, 0.1) is 0 Å². The molecule has 5 heteroatoms. The number of hydrogen-bond acceptors (Lipinski definition) is 3. The maximum absolute atomic E-state index is 12.8. The van der Waals surface area contributed by atoms with Crippen LogP contribution in [0.1, 0.15) is 39.1 Å². The third-order valence-electron chi connectivity index (χ3n) is 5.66. The van der Waals surface area contributed by atoms with Gasteiger partial charge in [-0.25, -0.2) is 0 Å². The molecule has 2 heterocycles. The van der Waals surface area contributed by atoms with E-state index in [1.807, 2.05) is 46.2 Å². The van der Waals surface area contributed by atoms with E-state index in [9.17, 15) is 9.59 Å². The van der Waals surface area contributed by atoms with Gasteiger partial charge in [0.2, 0.25) is 0 Å². The number of carbonyl (C=O) groups is 2. The van der Waals surface area contributed by atoms with Gasteiger partial charge >= 0.3 is 0 Å². The Morgan fingerprint density at radius 1 is 1.00 bits per heavy atom. The van der Waals surface area contributed by atoms with E-state index in [1.54, 1.807) is 19.2 Å². The van der Waals surface area contributed by atoms with Crippen molar-refractivity contribution in [3.05, 3.63) is 65.2 Å². The predicted octanol–water partition coefficient (Wildman–Crippen LogP) is 3.00. The Morgan fingerprint density at radius 3 is 2.41 bits per heavy atom. The van der Waals surface area contributed by atoms with Crippen molar-refractivity contribution in [2.45, 2.75) is 25.3 Å². The van der Waals surface area contributed by atoms with Gasteiger partial charge in [0.1, 0.15) is 5.75 Å². The first kappa shape index (κ1) is 17.6. The highest BCUT2D eigenvalue weighted by Crippen LogP contribution is 2.25. The molecule has 1 fully saturated rings. The predicted molar refractivity (Wildman–Crippen MR) is 103 cm³/mol. The fraction of sp³-hybridized carbons (Fsp3) is 0.364. The van der Waals surface area contributed by atoms with E-state index < -0.39 is 0 Å². The summed E-state index contributed by atoms with van der Waals surface area (Å²) in [4.78, 5) is 29.5. The van der Waals surface area contributed by atoms with Gasteiger partial charge in [0.25, 0.3) is 11.8 Å². The van der Waals surface area contributed by atoms with Crippen LogP contribution in [0.4, 0.5) is 0 Å². The summed E-state index contributed by atoms with van der Waals surface area (Å²) in [6.45, 7) is 2.13. The number of piperidine rings is 1. The van der Waals surface area contributed by atoms with Crippen LogP contribution < -0.4 is 4.74 Å². The molecule has 0 saturated carbocycles. The van der Waals surface area contributed by atoms with Crippen LogP contribution in [-0.2, 0) is 6.42 Å². The van der Waals surface area contributed by atoms with E-state index in [2.05, 4.69) is 0 Å². The van der Waals surface area contributed by atoms with Crippen molar-refractivity contribution in [1.82, 2.24) is 9.80 Å². The Balaban J connectivity index is 1.39. The third kappa shape index (κ3) is 3.42. The van der Waals surface area contributed by atoms with E-state index in [1.165, 1.54) is 0 Å². The molecule has 2 amide bonds. The fourth-order valence-corrected chi connectivity index (χ4v) is 4.09. The van der Waals surface area contributed by atoms with Gasteiger partial charge in [-0.15, -0.1) is 0 Å². The Hall–Kier alpha value is -2.82. The second-order valence-electron chi connectivity index (χ2n) is 7.16. The molecule has 4 rings (SSSR count). The standard InChI is InChI=1S/C22H24N2O3/c1-27-19-8-6-17(7-9-19)21(25)23-13-11-18(12-14-23)24-15-10-16-4-2-3-5-20(16)22(24)26/h2-9,18H,10-15H2,1H3. The summed E-state index contributed by atoms with van der Waals surface area (Å²) < 4.78 is 5.15. The number of benzene rings is 2. The second-order valence-corrected chi connectivity index (χ2v) is 7.16. The Bertz CT molecular complexity index is 839. The van der Waals surface area contributed by atoms with Gasteiger partial charge in [0, 0.05) is 36.8 Å². The normalized spacial score (nSPS) is 17.6. The first-order chi connectivity index (χ1) is 13.2. The molecule has 2 aromatic carbocycles. The fourth-order valence-electron chi connectivity index (χ4n) is 4.09. The first-order valence-corrected chi connectivity index (χ1v) is 9.49. The molecule has 140 valence electrons. The van der Waals surface area contributed by atoms with Crippen LogP contribution in [-0.4, -0.2) is 54.4 Å². The third-order valence-corrected chi connectivity index (χ3v) is 5.66. The number of amides is 2. The van der Waals surface area contributed by atoms with Gasteiger partial charge in [0.05, 0.1) is 7.11 Å². The van der Waals surface area contributed by atoms with Gasteiger partial charge < -0.3 is 14.5 Å². The maximum atomic E-state index is 12.8. The molecular weight excluding hydrogens is 340 g/mol. The Labute approximate surface area is 159 Å². The van der Waals surface area contributed by atoms with E-state index >= 15 is 0 Å². The molecule has 0 bridgehead atoms. The van der Waals surface area contributed by atoms with E-state index in [-0.39, 0.29) is 17.9 Å². The number of hydrogen-bond donors (Lipinski definition) is 0. The van der Waals surface area contributed by atoms with Gasteiger partial charge in [-0.3, -0.25) is 9.59 Å². The highest BCUT2D eigenvalue weighted by Gasteiger charge is 2.33. The smallest absolute Gasteiger partial charge is 0.254 e. The van der Waals surface area contributed by atoms with Crippen LogP contribution in [0.25, 0.3) is 0 Å². The molecule has 1 saturated heterocycles. The van der Waals surface area contributed by atoms with E-state index in [4.69, 9.17) is 4.74 Å². The largest absolute Gasteiger partial charge is 0.497 e. The zero-order valence-corrected chi connectivity index (χ0v) is 15.6. The van der Waals surface area contributed by atoms with E-state index in [0.29, 0.717) is 18.7 Å². The molecule has 2 aliphatic heterocycles. The lowest BCUT2D eigenvalue weighted by molar-refractivity contribution is 0.0505. The van der Waals surface area contributed by atoms with Crippen LogP contribution in [0.3, 0.4) is 0 Å². The van der Waals surface area contributed by atoms with Gasteiger partial charge in [-0.2, -0.15) is 0 Å². The van der Waals surface area contributed by atoms with Crippen molar-refractivity contribution in [1.29, 1.82) is 0 Å². The minimum Gasteiger partial charge on any atom is -0.497 e. The number of methoxy groups -OCH3 is 1. The van der Waals surface area contributed by atoms with Crippen LogP contribution in [0.15, 0.2) is 48.5 Å². The average molecular weight is 364 g/mol. The molecule has 0 spiro atoms. The van der Waals surface area contributed by atoms with Crippen molar-refractivity contribution in [3.8, 4) is 5.75 Å². The summed E-state index contributed by atoms with van der Waals surface area (Å²) in [6.07, 6.45) is 2.57. The maximum Gasteiger partial charge on any atom is 0.254 e. The SMILES string of the molecule is COc1ccc(C(=O)N2CCC(N3CCc4ccccc4C3=O)CC2)cc1. The highest BCUT2D eigenvalue weighted by molar-refractivity contribution is 5.97. The molecule has 0 unspecified atom stereocenters. The molecule has 2 aromatic rings. The highest BCUT2D eigenvalue weighted by atomic mass is 16.5. The topological polar surface area (TPSA) is 49.9 Å². The minimum absolute atomic E-state index is 0.0476. The van der Waals surface area contributed by atoms with Crippen LogP contribution >= 0.6 is 0 Å². The molecule has 0 aromatic heterocycles. The van der Waals surface area contributed by atoms with Crippen molar-refractivity contribution in [3.63, 3.8) is 0 Å². The quantitative estimate of drug-likeness (QED) is 0.841. The summed E-state index contributed by atoms with van der Waals surface area (Å²) >= 11 is 0. The molecule has 0 aliphatic carbocycles. The summed E-state index contributed by atoms with van der Waals surface area (Å²) in [5.74, 6) is 0.928. The Kier molecular flexibility index (Phi) is 4.84. The zero-order valence-electron chi connectivity index (χ0n) is 15.6. The number of likely N-dealkylation sites (tertiary alicyclic amines) is 1. The first-order valence-electron chi connectivity index (χ1n) is 9.49. The molecule has 27 heavy (non-hydrogen) atoms. The molecule has 0 radical (unpaired) electrons. The minimum atomic E-state index is 0.0476. The summed E-state index contributed by atoms with van der Waals surface area (Å²) in [5.41, 5.74) is 2.66. The van der Waals surface area contributed by atoms with Crippen molar-refractivity contribution < 1.29 is 14.3 Å². The van der Waals surface area contributed by atoms with Gasteiger partial charge in [-0.1, -0.05) is 18.2 Å². The number of fused-ring (bicyclic) bond motifs is 1. The number of ether oxygens (including phenoxy) is 1. The van der Waals surface area contributed by atoms with Gasteiger partial charge in [0.15, 0.2) is 0 Å². The Morgan fingerprint density at radius 2 is 1.70 bits per heavy atom. The van der Waals surface area contributed by atoms with Crippen molar-refractivity contribution in [2.75, 3.05) is 26.7 Å². The van der Waals surface area contributed by atoms with E-state index in [0.717, 1.165) is 42.7 Å². The zero-order chi connectivity index (χ0) is 18.8. The number of carbonyl (C=O) groups excluding carboxylic acids is 2. The molecule has 0 N–H and O–H groups in total. The monoisotopic (exact) mass is 364 g/mol. The molecule has 5 nitrogen and oxygen atoms in total. The lowest BCUT2D eigenvalue weighted by atomic mass is 9.94. The molecular formula is C22H24N2O3. The second kappa shape index (κ2) is 7.43. The van der Waals surface area contributed by atoms with Crippen molar-refractivity contribution >= 4 is 11.8 Å². The number of nitrogens with zero attached hydrogens (tertiary/aromatic N) is 2. The summed E-state index contributed by atoms with van der Waals surface area (Å²) in [5, 5.41) is 0. The average Bonchev–Trinajstić information content (AvgIpc) is 2.74. The lowest BCUT2D eigenvalue weighted by Gasteiger charge is -2.40. The molecule has 2 aliphatic rings. The van der Waals surface area contributed by atoms with Crippen molar-refractivity contribution in [2.24, 2.45) is 0 Å². The number of rotatable bonds is 3. The summed E-state index contributed by atoms with van der Waals surface area (Å²) in [7, 11) is 1.61. The van der Waals surface area contributed by atoms with Crippen LogP contribution in [0.5, 0.6) is 5.75 Å². The molecule has 0 atom stereocenters. The summed E-state index contributed by atoms with van der Waals surface area (Å²) in [6, 6.07) is 15.3. The van der Waals surface area contributed by atoms with Gasteiger partial charge in [-0.05, 0) is 55.2 Å². The lowest BCUT2D eigenvalue weighted by Crippen LogP contribution is -2.50.